The van der Waals surface area contributed by atoms with Gasteiger partial charge >= 0.3 is 0 Å². The van der Waals surface area contributed by atoms with E-state index in [0.29, 0.717) is 17.3 Å². The number of hydrogen-bond acceptors (Lipinski definition) is 4. The summed E-state index contributed by atoms with van der Waals surface area (Å²) >= 11 is 7.75. The number of rotatable bonds is 6. The van der Waals surface area contributed by atoms with E-state index in [2.05, 4.69) is 72.3 Å². The summed E-state index contributed by atoms with van der Waals surface area (Å²) in [6.45, 7) is 7.73. The van der Waals surface area contributed by atoms with E-state index < -0.39 is 0 Å². The van der Waals surface area contributed by atoms with Crippen LogP contribution in [0.1, 0.15) is 45.5 Å². The van der Waals surface area contributed by atoms with Gasteiger partial charge in [0.15, 0.2) is 0 Å². The molecule has 0 radical (unpaired) electrons. The molecule has 0 bridgehead atoms. The summed E-state index contributed by atoms with van der Waals surface area (Å²) in [7, 11) is 0. The number of anilines is 1. The predicted molar refractivity (Wildman–Crippen MR) is 170 cm³/mol. The summed E-state index contributed by atoms with van der Waals surface area (Å²) in [4.78, 5) is 24.3. The number of fused-ring (bicyclic) bond motifs is 2. The molecule has 2 aliphatic heterocycles. The maximum absolute atomic E-state index is 13.8. The van der Waals surface area contributed by atoms with Crippen molar-refractivity contribution in [1.29, 1.82) is 0 Å². The summed E-state index contributed by atoms with van der Waals surface area (Å²) in [5, 5.41) is 0.309. The predicted octanol–water partition coefficient (Wildman–Crippen LogP) is 8.35. The van der Waals surface area contributed by atoms with E-state index in [0.717, 1.165) is 48.0 Å². The van der Waals surface area contributed by atoms with E-state index in [1.165, 1.54) is 34.4 Å². The van der Waals surface area contributed by atoms with E-state index in [1.54, 1.807) is 42.2 Å². The van der Waals surface area contributed by atoms with Crippen molar-refractivity contribution in [3.05, 3.63) is 124 Å². The van der Waals surface area contributed by atoms with Gasteiger partial charge in [-0.25, -0.2) is 9.37 Å². The quantitative estimate of drug-likeness (QED) is 0.209. The van der Waals surface area contributed by atoms with Crippen molar-refractivity contribution in [2.75, 3.05) is 31.1 Å². The van der Waals surface area contributed by atoms with E-state index in [1.807, 2.05) is 4.90 Å². The van der Waals surface area contributed by atoms with Gasteiger partial charge in [-0.1, -0.05) is 53.7 Å². The van der Waals surface area contributed by atoms with Crippen LogP contribution in [-0.4, -0.2) is 42.0 Å². The van der Waals surface area contributed by atoms with Crippen molar-refractivity contribution in [2.45, 2.75) is 41.9 Å². The van der Waals surface area contributed by atoms with Gasteiger partial charge in [-0.3, -0.25) is 9.69 Å². The lowest BCUT2D eigenvalue weighted by Crippen LogP contribution is -2.46. The van der Waals surface area contributed by atoms with Crippen LogP contribution in [0.3, 0.4) is 0 Å². The van der Waals surface area contributed by atoms with Crippen LogP contribution in [0.4, 0.5) is 10.1 Å². The first kappa shape index (κ1) is 28.7. The number of aryl methyl sites for hydroxylation is 2. The van der Waals surface area contributed by atoms with Crippen LogP contribution in [0.15, 0.2) is 94.9 Å². The molecule has 1 amide bonds. The Kier molecular flexibility index (Phi) is 8.22. The second kappa shape index (κ2) is 12.0. The Bertz CT molecular complexity index is 1650. The highest BCUT2D eigenvalue weighted by atomic mass is 35.5. The zero-order valence-corrected chi connectivity index (χ0v) is 25.4. The number of aromatic nitrogens is 1. The van der Waals surface area contributed by atoms with Crippen LogP contribution < -0.4 is 4.90 Å². The lowest BCUT2D eigenvalue weighted by molar-refractivity contribution is 0.0977. The SMILES string of the molecule is Cc1ccc(C=CCN2CCC3(CC2)CN(C(=O)c2ccnc(Cl)c2)c2ccc(Sc4ccc(F)cc4)cc23)cc1C. The van der Waals surface area contributed by atoms with Gasteiger partial charge in [0.25, 0.3) is 5.91 Å². The van der Waals surface area contributed by atoms with Gasteiger partial charge < -0.3 is 4.90 Å². The first-order valence-electron chi connectivity index (χ1n) is 14.3. The number of benzene rings is 3. The molecule has 2 aliphatic rings. The van der Waals surface area contributed by atoms with E-state index in [-0.39, 0.29) is 17.1 Å². The largest absolute Gasteiger partial charge is 0.307 e. The summed E-state index contributed by atoms with van der Waals surface area (Å²) in [5.41, 5.74) is 6.43. The maximum Gasteiger partial charge on any atom is 0.258 e. The number of hydrogen-bond donors (Lipinski definition) is 0. The van der Waals surface area contributed by atoms with Crippen molar-refractivity contribution in [3.8, 4) is 0 Å². The van der Waals surface area contributed by atoms with Crippen LogP contribution >= 0.6 is 23.4 Å². The number of piperidine rings is 1. The number of carbonyl (C=O) groups excluding carboxylic acids is 1. The number of likely N-dealkylation sites (tertiary alicyclic amines) is 1. The molecule has 1 fully saturated rings. The number of nitrogens with zero attached hydrogens (tertiary/aromatic N) is 3. The molecule has 0 unspecified atom stereocenters. The number of amides is 1. The van der Waals surface area contributed by atoms with E-state index in [4.69, 9.17) is 11.6 Å². The molecule has 0 N–H and O–H groups in total. The Hall–Kier alpha value is -3.45. The Morgan fingerprint density at radius 3 is 2.48 bits per heavy atom. The third-order valence-electron chi connectivity index (χ3n) is 8.58. The number of halogens is 2. The first-order chi connectivity index (χ1) is 20.3. The lowest BCUT2D eigenvalue weighted by Gasteiger charge is -2.39. The highest BCUT2D eigenvalue weighted by molar-refractivity contribution is 7.99. The van der Waals surface area contributed by atoms with Gasteiger partial charge in [-0.15, -0.1) is 0 Å². The minimum atomic E-state index is -0.242. The average Bonchev–Trinajstić information content (AvgIpc) is 3.30. The van der Waals surface area contributed by atoms with Gasteiger partial charge in [0.1, 0.15) is 11.0 Å². The summed E-state index contributed by atoms with van der Waals surface area (Å²) in [6, 6.07) is 22.9. The van der Waals surface area contributed by atoms with Crippen LogP contribution in [0.5, 0.6) is 0 Å². The molecule has 4 aromatic rings. The Morgan fingerprint density at radius 2 is 1.74 bits per heavy atom. The Balaban J connectivity index is 1.23. The van der Waals surface area contributed by atoms with Crippen LogP contribution in [-0.2, 0) is 5.41 Å². The standard InChI is InChI=1S/C35H33ClFN3OS/c1-24-5-6-26(20-25(24)2)4-3-17-39-18-14-35(15-19-39)23-40(34(41)27-13-16-38-33(36)21-27)32-12-11-30(22-31(32)35)42-29-9-7-28(37)8-10-29/h3-13,16,20-22H,14-15,17-19,23H2,1-2H3. The van der Waals surface area contributed by atoms with Crippen molar-refractivity contribution in [3.63, 3.8) is 0 Å². The molecule has 6 rings (SSSR count). The van der Waals surface area contributed by atoms with Crippen molar-refractivity contribution in [2.24, 2.45) is 0 Å². The third-order valence-corrected chi connectivity index (χ3v) is 9.78. The first-order valence-corrected chi connectivity index (χ1v) is 15.5. The van der Waals surface area contributed by atoms with Crippen molar-refractivity contribution in [1.82, 2.24) is 9.88 Å². The van der Waals surface area contributed by atoms with Gasteiger partial charge in [-0.05, 0) is 117 Å². The van der Waals surface area contributed by atoms with Crippen LogP contribution in [0.25, 0.3) is 6.08 Å². The monoisotopic (exact) mass is 597 g/mol. The molecule has 4 nitrogen and oxygen atoms in total. The molecule has 3 heterocycles. The second-order valence-electron chi connectivity index (χ2n) is 11.3. The molecule has 1 aromatic heterocycles. The minimum Gasteiger partial charge on any atom is -0.307 e. The molecular weight excluding hydrogens is 565 g/mol. The molecule has 0 aliphatic carbocycles. The smallest absolute Gasteiger partial charge is 0.258 e. The average molecular weight is 598 g/mol. The van der Waals surface area contributed by atoms with Gasteiger partial charge in [-0.2, -0.15) is 0 Å². The van der Waals surface area contributed by atoms with Crippen LogP contribution in [0, 0.1) is 19.7 Å². The topological polar surface area (TPSA) is 36.4 Å². The fourth-order valence-corrected chi connectivity index (χ4v) is 7.05. The highest BCUT2D eigenvalue weighted by Gasteiger charge is 2.46. The lowest BCUT2D eigenvalue weighted by atomic mass is 9.74. The van der Waals surface area contributed by atoms with Gasteiger partial charge in [0.2, 0.25) is 0 Å². The molecule has 42 heavy (non-hydrogen) atoms. The molecular formula is C35H33ClFN3OS. The zero-order valence-electron chi connectivity index (χ0n) is 23.8. The Labute approximate surface area is 256 Å². The maximum atomic E-state index is 13.8. The molecule has 0 atom stereocenters. The van der Waals surface area contributed by atoms with Crippen LogP contribution in [0.2, 0.25) is 5.15 Å². The molecule has 1 saturated heterocycles. The molecule has 3 aromatic carbocycles. The number of carbonyl (C=O) groups is 1. The molecule has 0 saturated carbocycles. The molecule has 7 heteroatoms. The van der Waals surface area contributed by atoms with Gasteiger partial charge in [0.05, 0.1) is 0 Å². The van der Waals surface area contributed by atoms with E-state index >= 15 is 0 Å². The zero-order chi connectivity index (χ0) is 29.3. The summed E-state index contributed by atoms with van der Waals surface area (Å²) in [5.74, 6) is -0.302. The second-order valence-corrected chi connectivity index (χ2v) is 12.9. The summed E-state index contributed by atoms with van der Waals surface area (Å²) in [6.07, 6.45) is 7.97. The number of pyridine rings is 1. The minimum absolute atomic E-state index is 0.0601. The van der Waals surface area contributed by atoms with E-state index in [9.17, 15) is 9.18 Å². The fraction of sp³-hybridized carbons (Fsp3) is 0.257. The third kappa shape index (κ3) is 6.03. The summed E-state index contributed by atoms with van der Waals surface area (Å²) < 4.78 is 13.5. The Morgan fingerprint density at radius 1 is 0.976 bits per heavy atom. The normalized spacial score (nSPS) is 16.3. The van der Waals surface area contributed by atoms with Crippen molar-refractivity contribution >= 4 is 41.0 Å². The fourth-order valence-electron chi connectivity index (χ4n) is 6.02. The molecule has 1 spiro atoms. The highest BCUT2D eigenvalue weighted by Crippen LogP contribution is 2.49. The molecule has 214 valence electrons. The van der Waals surface area contributed by atoms with Crippen molar-refractivity contribution < 1.29 is 9.18 Å². The van der Waals surface area contributed by atoms with Gasteiger partial charge in [0, 0.05) is 45.7 Å².